The second-order valence-electron chi connectivity index (χ2n) is 6.69. The molecule has 148 valence electrons. The lowest BCUT2D eigenvalue weighted by molar-refractivity contribution is -0.385. The summed E-state index contributed by atoms with van der Waals surface area (Å²) in [5.74, 6) is -1.54. The first kappa shape index (κ1) is 21.1. The summed E-state index contributed by atoms with van der Waals surface area (Å²) in [7, 11) is 0. The van der Waals surface area contributed by atoms with Gasteiger partial charge in [-0.1, -0.05) is 11.6 Å². The van der Waals surface area contributed by atoms with E-state index in [2.05, 4.69) is 10.6 Å². The van der Waals surface area contributed by atoms with Gasteiger partial charge in [-0.05, 0) is 51.1 Å². The van der Waals surface area contributed by atoms with Crippen LogP contribution in [0.3, 0.4) is 0 Å². The van der Waals surface area contributed by atoms with Crippen LogP contribution in [0, 0.1) is 15.9 Å². The predicted molar refractivity (Wildman–Crippen MR) is 102 cm³/mol. The number of nitro groups is 1. The molecule has 0 bridgehead atoms. The summed E-state index contributed by atoms with van der Waals surface area (Å²) in [6, 6.07) is 7.03. The standard InChI is InChI=1S/C18H17ClFN3O5/c1-18(2,3)28-17(25)22-14-9-11(5-7-13(14)20)21-16(24)12-6-4-10(19)8-15(12)23(26)27/h4-9H,1-3H3,(H,21,24)(H,22,25). The van der Waals surface area contributed by atoms with Crippen LogP contribution in [0.25, 0.3) is 0 Å². The number of halogens is 2. The number of nitro benzene ring substituents is 1. The average molecular weight is 410 g/mol. The molecule has 0 aliphatic heterocycles. The summed E-state index contributed by atoms with van der Waals surface area (Å²) < 4.78 is 19.0. The molecule has 2 N–H and O–H groups in total. The number of benzene rings is 2. The maximum atomic E-state index is 14.0. The van der Waals surface area contributed by atoms with E-state index < -0.39 is 34.0 Å². The number of amides is 2. The van der Waals surface area contributed by atoms with E-state index in [9.17, 15) is 24.1 Å². The van der Waals surface area contributed by atoms with E-state index in [-0.39, 0.29) is 22.0 Å². The molecular formula is C18H17ClFN3O5. The van der Waals surface area contributed by atoms with Gasteiger partial charge in [0.05, 0.1) is 10.6 Å². The van der Waals surface area contributed by atoms with Gasteiger partial charge in [0.1, 0.15) is 17.0 Å². The molecule has 0 heterocycles. The molecule has 0 fully saturated rings. The van der Waals surface area contributed by atoms with Crippen molar-refractivity contribution in [1.29, 1.82) is 0 Å². The van der Waals surface area contributed by atoms with Crippen molar-refractivity contribution in [2.45, 2.75) is 26.4 Å². The van der Waals surface area contributed by atoms with Gasteiger partial charge in [-0.3, -0.25) is 20.2 Å². The lowest BCUT2D eigenvalue weighted by atomic mass is 10.1. The molecule has 0 aromatic heterocycles. The monoisotopic (exact) mass is 409 g/mol. The van der Waals surface area contributed by atoms with Crippen LogP contribution in [0.2, 0.25) is 5.02 Å². The van der Waals surface area contributed by atoms with Gasteiger partial charge in [-0.25, -0.2) is 9.18 Å². The van der Waals surface area contributed by atoms with E-state index in [4.69, 9.17) is 16.3 Å². The molecule has 0 spiro atoms. The van der Waals surface area contributed by atoms with Crippen LogP contribution in [0.5, 0.6) is 0 Å². The molecule has 8 nitrogen and oxygen atoms in total. The number of rotatable bonds is 4. The van der Waals surface area contributed by atoms with Crippen molar-refractivity contribution < 1.29 is 23.6 Å². The predicted octanol–water partition coefficient (Wildman–Crippen LogP) is 4.99. The lowest BCUT2D eigenvalue weighted by Crippen LogP contribution is -2.27. The van der Waals surface area contributed by atoms with Crippen LogP contribution >= 0.6 is 11.6 Å². The molecule has 2 rings (SSSR count). The normalized spacial score (nSPS) is 10.9. The van der Waals surface area contributed by atoms with Gasteiger partial charge in [0.25, 0.3) is 11.6 Å². The summed E-state index contributed by atoms with van der Waals surface area (Å²) in [6.45, 7) is 4.95. The Labute approximate surface area is 164 Å². The second kappa shape index (κ2) is 8.22. The first-order chi connectivity index (χ1) is 13.0. The van der Waals surface area contributed by atoms with Gasteiger partial charge < -0.3 is 10.1 Å². The second-order valence-corrected chi connectivity index (χ2v) is 7.13. The average Bonchev–Trinajstić information content (AvgIpc) is 2.55. The molecule has 0 aliphatic rings. The van der Waals surface area contributed by atoms with E-state index in [1.54, 1.807) is 20.8 Å². The zero-order valence-corrected chi connectivity index (χ0v) is 16.0. The number of nitrogens with zero attached hydrogens (tertiary/aromatic N) is 1. The number of nitrogens with one attached hydrogen (secondary N) is 2. The van der Waals surface area contributed by atoms with Gasteiger partial charge in [0, 0.05) is 16.8 Å². The molecule has 28 heavy (non-hydrogen) atoms. The van der Waals surface area contributed by atoms with Gasteiger partial charge in [0.2, 0.25) is 0 Å². The molecule has 2 aromatic carbocycles. The SMILES string of the molecule is CC(C)(C)OC(=O)Nc1cc(NC(=O)c2ccc(Cl)cc2[N+](=O)[O-])ccc1F. The molecule has 10 heteroatoms. The summed E-state index contributed by atoms with van der Waals surface area (Å²) in [5.41, 5.74) is -1.58. The highest BCUT2D eigenvalue weighted by Crippen LogP contribution is 2.26. The van der Waals surface area contributed by atoms with Crippen LogP contribution < -0.4 is 10.6 Å². The number of carbonyl (C=O) groups excluding carboxylic acids is 2. The Hall–Kier alpha value is -3.20. The van der Waals surface area contributed by atoms with Crippen LogP contribution in [-0.4, -0.2) is 22.5 Å². The maximum Gasteiger partial charge on any atom is 0.412 e. The van der Waals surface area contributed by atoms with E-state index in [1.807, 2.05) is 0 Å². The Balaban J connectivity index is 2.23. The van der Waals surface area contributed by atoms with Gasteiger partial charge in [0.15, 0.2) is 0 Å². The Kier molecular flexibility index (Phi) is 6.19. The fraction of sp³-hybridized carbons (Fsp3) is 0.222. The van der Waals surface area contributed by atoms with Crippen LogP contribution in [0.4, 0.5) is 26.2 Å². The largest absolute Gasteiger partial charge is 0.444 e. The van der Waals surface area contributed by atoms with Crippen molar-refractivity contribution >= 4 is 40.7 Å². The molecule has 0 aliphatic carbocycles. The zero-order valence-electron chi connectivity index (χ0n) is 15.2. The Morgan fingerprint density at radius 1 is 1.14 bits per heavy atom. The number of anilines is 2. The minimum Gasteiger partial charge on any atom is -0.444 e. The van der Waals surface area contributed by atoms with Crippen molar-refractivity contribution in [2.24, 2.45) is 0 Å². The topological polar surface area (TPSA) is 111 Å². The van der Waals surface area contributed by atoms with E-state index in [0.29, 0.717) is 0 Å². The summed E-state index contributed by atoms with van der Waals surface area (Å²) in [5, 5.41) is 15.9. The fourth-order valence-corrected chi connectivity index (χ4v) is 2.33. The van der Waals surface area contributed by atoms with Crippen LogP contribution in [-0.2, 0) is 4.74 Å². The van der Waals surface area contributed by atoms with E-state index >= 15 is 0 Å². The smallest absolute Gasteiger partial charge is 0.412 e. The third kappa shape index (κ3) is 5.65. The Morgan fingerprint density at radius 3 is 2.43 bits per heavy atom. The number of hydrogen-bond acceptors (Lipinski definition) is 5. The lowest BCUT2D eigenvalue weighted by Gasteiger charge is -2.20. The Bertz CT molecular complexity index is 943. The number of ether oxygens (including phenoxy) is 1. The maximum absolute atomic E-state index is 14.0. The van der Waals surface area contributed by atoms with E-state index in [0.717, 1.165) is 12.1 Å². The van der Waals surface area contributed by atoms with E-state index in [1.165, 1.54) is 24.3 Å². The molecule has 2 amide bonds. The molecule has 0 radical (unpaired) electrons. The first-order valence-electron chi connectivity index (χ1n) is 8.01. The van der Waals surface area contributed by atoms with Crippen LogP contribution in [0.15, 0.2) is 36.4 Å². The third-order valence-electron chi connectivity index (χ3n) is 3.26. The first-order valence-corrected chi connectivity index (χ1v) is 8.39. The van der Waals surface area contributed by atoms with Crippen molar-refractivity contribution in [1.82, 2.24) is 0 Å². The quantitative estimate of drug-likeness (QED) is 0.546. The summed E-state index contributed by atoms with van der Waals surface area (Å²) >= 11 is 5.73. The van der Waals surface area contributed by atoms with Gasteiger partial charge in [-0.15, -0.1) is 0 Å². The number of hydrogen-bond donors (Lipinski definition) is 2. The summed E-state index contributed by atoms with van der Waals surface area (Å²) in [6.07, 6.45) is -0.872. The molecule has 2 aromatic rings. The highest BCUT2D eigenvalue weighted by atomic mass is 35.5. The fourth-order valence-electron chi connectivity index (χ4n) is 2.16. The van der Waals surface area contributed by atoms with Crippen molar-refractivity contribution in [3.63, 3.8) is 0 Å². The van der Waals surface area contributed by atoms with Crippen molar-refractivity contribution in [2.75, 3.05) is 10.6 Å². The molecule has 0 unspecified atom stereocenters. The van der Waals surface area contributed by atoms with Gasteiger partial charge in [-0.2, -0.15) is 0 Å². The van der Waals surface area contributed by atoms with Crippen LogP contribution in [0.1, 0.15) is 31.1 Å². The number of carbonyl (C=O) groups is 2. The highest BCUT2D eigenvalue weighted by Gasteiger charge is 2.22. The molecular weight excluding hydrogens is 393 g/mol. The van der Waals surface area contributed by atoms with Crippen molar-refractivity contribution in [3.8, 4) is 0 Å². The summed E-state index contributed by atoms with van der Waals surface area (Å²) in [4.78, 5) is 34.6. The minimum absolute atomic E-state index is 0.105. The zero-order chi connectivity index (χ0) is 21.1. The minimum atomic E-state index is -0.872. The highest BCUT2D eigenvalue weighted by molar-refractivity contribution is 6.31. The third-order valence-corrected chi connectivity index (χ3v) is 3.50. The molecule has 0 saturated heterocycles. The van der Waals surface area contributed by atoms with Gasteiger partial charge >= 0.3 is 6.09 Å². The molecule has 0 atom stereocenters. The molecule has 0 saturated carbocycles. The Morgan fingerprint density at radius 2 is 1.82 bits per heavy atom. The van der Waals surface area contributed by atoms with Crippen molar-refractivity contribution in [3.05, 3.63) is 62.9 Å².